The fraction of sp³-hybridized carbons (Fsp3) is 0.586. The second kappa shape index (κ2) is 13.0. The van der Waals surface area contributed by atoms with Crippen LogP contribution in [0.5, 0.6) is 11.5 Å². The molecule has 9 heteroatoms. The Bertz CT molecular complexity index is 1080. The Labute approximate surface area is 224 Å². The van der Waals surface area contributed by atoms with Crippen LogP contribution in [0.3, 0.4) is 0 Å². The Hall–Kier alpha value is -3.20. The van der Waals surface area contributed by atoms with Crippen LogP contribution in [-0.2, 0) is 14.4 Å². The summed E-state index contributed by atoms with van der Waals surface area (Å²) in [6, 6.07) is 5.20. The van der Waals surface area contributed by atoms with Crippen LogP contribution in [0.15, 0.2) is 30.4 Å². The fourth-order valence-electron chi connectivity index (χ4n) is 5.67. The molecule has 1 saturated heterocycles. The summed E-state index contributed by atoms with van der Waals surface area (Å²) >= 11 is 0. The van der Waals surface area contributed by atoms with Crippen molar-refractivity contribution in [3.63, 3.8) is 0 Å². The number of carbonyl (C=O) groups is 3. The Kier molecular flexibility index (Phi) is 9.55. The lowest BCUT2D eigenvalue weighted by Gasteiger charge is -2.29. The van der Waals surface area contributed by atoms with Gasteiger partial charge in [0.1, 0.15) is 0 Å². The van der Waals surface area contributed by atoms with E-state index in [0.717, 1.165) is 31.2 Å². The Morgan fingerprint density at radius 1 is 1.13 bits per heavy atom. The average molecular weight is 527 g/mol. The van der Waals surface area contributed by atoms with E-state index in [0.29, 0.717) is 50.5 Å². The summed E-state index contributed by atoms with van der Waals surface area (Å²) in [4.78, 5) is 42.6. The lowest BCUT2D eigenvalue weighted by molar-refractivity contribution is -0.446. The van der Waals surface area contributed by atoms with Crippen molar-refractivity contribution < 1.29 is 33.5 Å². The van der Waals surface area contributed by atoms with E-state index in [9.17, 15) is 19.5 Å². The van der Waals surface area contributed by atoms with Gasteiger partial charge in [0.15, 0.2) is 24.3 Å². The van der Waals surface area contributed by atoms with Crippen molar-refractivity contribution in [2.24, 2.45) is 5.92 Å². The lowest BCUT2D eigenvalue weighted by atomic mass is 9.84. The molecule has 0 aliphatic carbocycles. The third-order valence-electron chi connectivity index (χ3n) is 7.79. The maximum atomic E-state index is 13.5. The van der Waals surface area contributed by atoms with Crippen LogP contribution < -0.4 is 9.47 Å². The molecule has 3 heterocycles. The van der Waals surface area contributed by atoms with Crippen molar-refractivity contribution in [2.75, 3.05) is 39.5 Å². The van der Waals surface area contributed by atoms with E-state index in [4.69, 9.17) is 9.47 Å². The summed E-state index contributed by atoms with van der Waals surface area (Å²) in [5, 5.41) is 10.4. The molecule has 1 aromatic carbocycles. The Balaban J connectivity index is 1.59. The number of hydrogen-bond donors (Lipinski definition) is 1. The minimum absolute atomic E-state index is 0.00220. The van der Waals surface area contributed by atoms with Crippen LogP contribution in [0.25, 0.3) is 0 Å². The third kappa shape index (κ3) is 6.43. The van der Waals surface area contributed by atoms with E-state index in [2.05, 4.69) is 13.8 Å². The van der Waals surface area contributed by atoms with Gasteiger partial charge in [-0.05, 0) is 36.6 Å². The molecule has 0 bridgehead atoms. The summed E-state index contributed by atoms with van der Waals surface area (Å²) in [6.45, 7) is 6.82. The van der Waals surface area contributed by atoms with Gasteiger partial charge in [0.05, 0.1) is 18.9 Å². The van der Waals surface area contributed by atoms with Gasteiger partial charge in [-0.1, -0.05) is 38.8 Å². The number of unbranched alkanes of at least 4 members (excludes halogenated alkanes) is 2. The van der Waals surface area contributed by atoms with Crippen LogP contribution in [-0.4, -0.2) is 89.0 Å². The number of amides is 2. The first-order valence-corrected chi connectivity index (χ1v) is 13.9. The van der Waals surface area contributed by atoms with E-state index in [1.807, 2.05) is 40.2 Å². The van der Waals surface area contributed by atoms with Crippen LogP contribution >= 0.6 is 0 Å². The number of carboxylic acid groups (broad SMARTS) is 1. The molecule has 3 atom stereocenters. The molecule has 3 aliphatic heterocycles. The number of nitrogens with zero attached hydrogens (tertiary/aromatic N) is 3. The number of rotatable bonds is 13. The van der Waals surface area contributed by atoms with Gasteiger partial charge in [0, 0.05) is 38.0 Å². The molecule has 0 spiro atoms. The number of fused-ring (bicyclic) bond motifs is 1. The zero-order valence-electron chi connectivity index (χ0n) is 22.5. The predicted octanol–water partition coefficient (Wildman–Crippen LogP) is 3.27. The molecule has 1 fully saturated rings. The SMILES string of the molecule is CCCCN(CCCC)C(=O)CN1C[C@H](c2ccc3c(c2)OCO3)[C@@H](C(=O)O)[C@@H]1CC[N+]1=CC=CCC1=O. The predicted molar refractivity (Wildman–Crippen MR) is 143 cm³/mol. The van der Waals surface area contributed by atoms with E-state index in [1.165, 1.54) is 0 Å². The number of ether oxygens (including phenoxy) is 2. The topological polar surface area (TPSA) is 99.4 Å². The van der Waals surface area contributed by atoms with Gasteiger partial charge in [0.25, 0.3) is 0 Å². The van der Waals surface area contributed by atoms with Crippen molar-refractivity contribution in [3.8, 4) is 11.5 Å². The van der Waals surface area contributed by atoms with Crippen molar-refractivity contribution in [2.45, 2.75) is 64.3 Å². The zero-order valence-corrected chi connectivity index (χ0v) is 22.5. The van der Waals surface area contributed by atoms with Gasteiger partial charge in [-0.3, -0.25) is 14.5 Å². The quantitative estimate of drug-likeness (QED) is 0.394. The highest BCUT2D eigenvalue weighted by molar-refractivity contribution is 5.81. The Morgan fingerprint density at radius 3 is 2.55 bits per heavy atom. The number of aliphatic carboxylic acids is 1. The Morgan fingerprint density at radius 2 is 1.87 bits per heavy atom. The van der Waals surface area contributed by atoms with E-state index < -0.39 is 17.9 Å². The molecule has 0 radical (unpaired) electrons. The van der Waals surface area contributed by atoms with E-state index in [1.54, 1.807) is 10.8 Å². The highest BCUT2D eigenvalue weighted by Crippen LogP contribution is 2.42. The molecular weight excluding hydrogens is 486 g/mol. The minimum Gasteiger partial charge on any atom is -0.481 e. The number of carboxylic acids is 1. The lowest BCUT2D eigenvalue weighted by Crippen LogP contribution is -2.45. The molecule has 206 valence electrons. The number of allylic oxidation sites excluding steroid dienone is 1. The molecule has 38 heavy (non-hydrogen) atoms. The van der Waals surface area contributed by atoms with Crippen molar-refractivity contribution in [1.82, 2.24) is 9.80 Å². The zero-order chi connectivity index (χ0) is 27.1. The van der Waals surface area contributed by atoms with Gasteiger partial charge in [-0.2, -0.15) is 4.58 Å². The van der Waals surface area contributed by atoms with Crippen molar-refractivity contribution >= 4 is 24.0 Å². The van der Waals surface area contributed by atoms with Crippen LogP contribution in [0.4, 0.5) is 0 Å². The maximum absolute atomic E-state index is 13.5. The molecule has 2 amide bonds. The van der Waals surface area contributed by atoms with Gasteiger partial charge in [-0.15, -0.1) is 0 Å². The second-order valence-electron chi connectivity index (χ2n) is 10.3. The van der Waals surface area contributed by atoms with E-state index >= 15 is 0 Å². The largest absolute Gasteiger partial charge is 0.481 e. The molecule has 0 aromatic heterocycles. The summed E-state index contributed by atoms with van der Waals surface area (Å²) in [5.41, 5.74) is 0.860. The second-order valence-corrected chi connectivity index (χ2v) is 10.3. The first-order chi connectivity index (χ1) is 18.4. The highest BCUT2D eigenvalue weighted by Gasteiger charge is 2.48. The normalized spacial score (nSPS) is 22.5. The number of hydrogen-bond acceptors (Lipinski definition) is 6. The van der Waals surface area contributed by atoms with Crippen molar-refractivity contribution in [3.05, 3.63) is 35.9 Å². The first-order valence-electron chi connectivity index (χ1n) is 13.9. The van der Waals surface area contributed by atoms with Gasteiger partial charge < -0.3 is 19.5 Å². The third-order valence-corrected chi connectivity index (χ3v) is 7.79. The van der Waals surface area contributed by atoms with E-state index in [-0.39, 0.29) is 31.1 Å². The maximum Gasteiger partial charge on any atom is 0.390 e. The number of benzene rings is 1. The summed E-state index contributed by atoms with van der Waals surface area (Å²) in [7, 11) is 0. The van der Waals surface area contributed by atoms with Gasteiger partial charge in [0.2, 0.25) is 12.7 Å². The van der Waals surface area contributed by atoms with Crippen LogP contribution in [0.2, 0.25) is 0 Å². The standard InChI is InChI=1S/C29H39N3O6/c1-3-5-13-30(14-6-4-2)27(34)19-32-18-22(21-10-11-24-25(17-21)38-20-37-24)28(29(35)36)23(32)12-16-31-15-8-7-9-26(31)33/h7-8,10-11,15,17,22-23,28H,3-6,9,12-14,16,18-20H2,1-2H3/p+1/t22-,23+,28-/m1/s1. The number of likely N-dealkylation sites (tertiary alicyclic amines) is 1. The van der Waals surface area contributed by atoms with Crippen LogP contribution in [0.1, 0.15) is 63.9 Å². The number of carbonyl (C=O) groups excluding carboxylic acids is 2. The molecule has 9 nitrogen and oxygen atoms in total. The average Bonchev–Trinajstić information content (AvgIpc) is 3.52. The van der Waals surface area contributed by atoms with Crippen molar-refractivity contribution in [1.29, 1.82) is 0 Å². The first kappa shape index (κ1) is 27.8. The monoisotopic (exact) mass is 526 g/mol. The smallest absolute Gasteiger partial charge is 0.390 e. The molecule has 1 aromatic rings. The minimum atomic E-state index is -0.893. The summed E-state index contributed by atoms with van der Waals surface area (Å²) < 4.78 is 12.7. The summed E-state index contributed by atoms with van der Waals surface area (Å²) in [5.74, 6) is -0.636. The highest BCUT2D eigenvalue weighted by atomic mass is 16.7. The molecule has 0 saturated carbocycles. The molecule has 1 N–H and O–H groups in total. The van der Waals surface area contributed by atoms with Gasteiger partial charge >= 0.3 is 11.9 Å². The van der Waals surface area contributed by atoms with Gasteiger partial charge in [-0.25, -0.2) is 4.79 Å². The molecule has 4 rings (SSSR count). The molecular formula is C29H40N3O6+. The van der Waals surface area contributed by atoms with Crippen LogP contribution in [0, 0.1) is 5.92 Å². The molecule has 3 aliphatic rings. The fourth-order valence-corrected chi connectivity index (χ4v) is 5.67. The summed E-state index contributed by atoms with van der Waals surface area (Å²) in [6.07, 6.45) is 10.1. The molecule has 0 unspecified atom stereocenters.